The second-order valence-electron chi connectivity index (χ2n) is 3.78. The third-order valence-electron chi connectivity index (χ3n) is 1.98. The number of carboxylic acid groups (broad SMARTS) is 1. The Morgan fingerprint density at radius 1 is 1.35 bits per heavy atom. The van der Waals surface area contributed by atoms with E-state index in [1.54, 1.807) is 6.92 Å². The lowest BCUT2D eigenvalue weighted by molar-refractivity contribution is -0.196. The van der Waals surface area contributed by atoms with Crippen LogP contribution >= 0.6 is 11.8 Å². The van der Waals surface area contributed by atoms with Gasteiger partial charge in [0.25, 0.3) is 0 Å². The normalized spacial score (nSPS) is 15.0. The molecule has 0 aliphatic rings. The number of ether oxygens (including phenoxy) is 2. The maximum Gasteiger partial charge on any atom is 0.327 e. The molecule has 3 atom stereocenters. The maximum atomic E-state index is 11.0. The largest absolute Gasteiger partial charge is 0.480 e. The van der Waals surface area contributed by atoms with Gasteiger partial charge in [-0.2, -0.15) is 0 Å². The van der Waals surface area contributed by atoms with Crippen LogP contribution in [0.15, 0.2) is 0 Å². The van der Waals surface area contributed by atoms with Gasteiger partial charge in [-0.1, -0.05) is 18.7 Å². The number of amides is 1. The fraction of sp³-hybridized carbons (Fsp3) is 0.727. The summed E-state index contributed by atoms with van der Waals surface area (Å²) in [7, 11) is 0. The quantitative estimate of drug-likeness (QED) is 0.399. The number of aliphatic carboxylic acids is 1. The summed E-state index contributed by atoms with van der Waals surface area (Å²) in [4.78, 5) is 32.6. The molecule has 116 valence electrons. The molecule has 8 nitrogen and oxygen atoms in total. The number of aliphatic hydroxyl groups is 1. The van der Waals surface area contributed by atoms with Crippen LogP contribution in [0.25, 0.3) is 0 Å². The van der Waals surface area contributed by atoms with Crippen molar-refractivity contribution in [1.82, 2.24) is 5.32 Å². The van der Waals surface area contributed by atoms with E-state index in [-0.39, 0.29) is 12.2 Å². The molecule has 0 aromatic heterocycles. The summed E-state index contributed by atoms with van der Waals surface area (Å²) in [6.07, 6.45) is -0.769. The topological polar surface area (TPSA) is 122 Å². The first-order chi connectivity index (χ1) is 9.26. The van der Waals surface area contributed by atoms with Gasteiger partial charge in [-0.05, 0) is 6.92 Å². The van der Waals surface area contributed by atoms with Crippen molar-refractivity contribution in [2.45, 2.75) is 45.1 Å². The molecule has 0 fully saturated rings. The van der Waals surface area contributed by atoms with Gasteiger partial charge in [0.05, 0.1) is 0 Å². The van der Waals surface area contributed by atoms with Gasteiger partial charge in [0.1, 0.15) is 6.04 Å². The van der Waals surface area contributed by atoms with Gasteiger partial charge in [-0.3, -0.25) is 9.59 Å². The zero-order valence-electron chi connectivity index (χ0n) is 11.5. The van der Waals surface area contributed by atoms with E-state index in [0.29, 0.717) is 0 Å². The maximum absolute atomic E-state index is 11.0. The second kappa shape index (κ2) is 9.56. The van der Waals surface area contributed by atoms with E-state index < -0.39 is 35.8 Å². The van der Waals surface area contributed by atoms with Crippen molar-refractivity contribution in [2.24, 2.45) is 0 Å². The van der Waals surface area contributed by atoms with Gasteiger partial charge in [0.15, 0.2) is 0 Å². The molecule has 0 heterocycles. The summed E-state index contributed by atoms with van der Waals surface area (Å²) in [6.45, 7) is 4.24. The molecule has 9 heteroatoms. The number of nitrogens with one attached hydrogen (secondary N) is 1. The zero-order valence-corrected chi connectivity index (χ0v) is 12.3. The lowest BCUT2D eigenvalue weighted by Gasteiger charge is -2.19. The number of thioether (sulfide) groups is 1. The number of rotatable bonds is 9. The highest BCUT2D eigenvalue weighted by Gasteiger charge is 2.21. The van der Waals surface area contributed by atoms with Crippen LogP contribution in [0.4, 0.5) is 0 Å². The first-order valence-corrected chi connectivity index (χ1v) is 6.95. The van der Waals surface area contributed by atoms with Crippen molar-refractivity contribution in [3.05, 3.63) is 0 Å². The van der Waals surface area contributed by atoms with Crippen LogP contribution in [0.2, 0.25) is 0 Å². The molecule has 0 bridgehead atoms. The number of carbonyl (C=O) groups is 3. The molecule has 3 N–H and O–H groups in total. The highest BCUT2D eigenvalue weighted by molar-refractivity contribution is 7.99. The lowest BCUT2D eigenvalue weighted by Crippen LogP contribution is -2.42. The van der Waals surface area contributed by atoms with E-state index in [0.717, 1.165) is 11.8 Å². The van der Waals surface area contributed by atoms with Crippen LogP contribution < -0.4 is 5.32 Å². The first-order valence-electron chi connectivity index (χ1n) is 5.90. The monoisotopic (exact) mass is 309 g/mol. The SMILES string of the molecule is CCC(=O)O[C@H](C)OC(O)SC[C@H](NC(C)=O)C(=O)O. The van der Waals surface area contributed by atoms with Crippen LogP contribution in [-0.4, -0.2) is 51.8 Å². The number of esters is 1. The Morgan fingerprint density at radius 3 is 2.40 bits per heavy atom. The summed E-state index contributed by atoms with van der Waals surface area (Å²) in [5.74, 6) is -2.27. The second-order valence-corrected chi connectivity index (χ2v) is 4.85. The summed E-state index contributed by atoms with van der Waals surface area (Å²) >= 11 is 0.764. The average Bonchev–Trinajstić information content (AvgIpc) is 2.33. The third-order valence-corrected chi connectivity index (χ3v) is 2.90. The smallest absolute Gasteiger partial charge is 0.327 e. The van der Waals surface area contributed by atoms with Crippen LogP contribution in [0, 0.1) is 0 Å². The van der Waals surface area contributed by atoms with Gasteiger partial charge in [-0.25, -0.2) is 4.79 Å². The highest BCUT2D eigenvalue weighted by atomic mass is 32.2. The molecule has 1 amide bonds. The Morgan fingerprint density at radius 2 is 1.95 bits per heavy atom. The van der Waals surface area contributed by atoms with Gasteiger partial charge in [-0.15, -0.1) is 0 Å². The molecule has 0 aromatic rings. The Labute approximate surface area is 120 Å². The predicted octanol–water partition coefficient (Wildman–Crippen LogP) is -0.0994. The highest BCUT2D eigenvalue weighted by Crippen LogP contribution is 2.14. The van der Waals surface area contributed by atoms with Crippen molar-refractivity contribution in [1.29, 1.82) is 0 Å². The van der Waals surface area contributed by atoms with E-state index in [9.17, 15) is 19.5 Å². The zero-order chi connectivity index (χ0) is 15.7. The van der Waals surface area contributed by atoms with Gasteiger partial charge in [0, 0.05) is 19.1 Å². The molecule has 1 unspecified atom stereocenters. The molecule has 0 rings (SSSR count). The summed E-state index contributed by atoms with van der Waals surface area (Å²) in [5.41, 5.74) is -1.37. The molecular weight excluding hydrogens is 290 g/mol. The molecule has 0 aliphatic carbocycles. The van der Waals surface area contributed by atoms with Crippen molar-refractivity contribution in [3.63, 3.8) is 0 Å². The minimum absolute atomic E-state index is 0.0927. The van der Waals surface area contributed by atoms with E-state index in [4.69, 9.17) is 14.6 Å². The number of hydrogen-bond donors (Lipinski definition) is 3. The van der Waals surface area contributed by atoms with Crippen LogP contribution in [0.3, 0.4) is 0 Å². The van der Waals surface area contributed by atoms with Gasteiger partial charge >= 0.3 is 11.9 Å². The lowest BCUT2D eigenvalue weighted by atomic mass is 10.3. The molecule has 0 aliphatic heterocycles. The molecule has 20 heavy (non-hydrogen) atoms. The molecule has 0 saturated carbocycles. The molecule has 0 radical (unpaired) electrons. The summed E-state index contributed by atoms with van der Waals surface area (Å²) in [6, 6.07) is -1.13. The fourth-order valence-corrected chi connectivity index (χ4v) is 1.92. The molecule has 0 saturated heterocycles. The summed E-state index contributed by atoms with van der Waals surface area (Å²) in [5, 5.41) is 20.6. The fourth-order valence-electron chi connectivity index (χ4n) is 1.10. The van der Waals surface area contributed by atoms with Crippen molar-refractivity contribution >= 4 is 29.6 Å². The van der Waals surface area contributed by atoms with E-state index in [1.807, 2.05) is 0 Å². The Bertz CT molecular complexity index is 350. The first kappa shape index (κ1) is 18.7. The predicted molar refractivity (Wildman–Crippen MR) is 70.6 cm³/mol. The van der Waals surface area contributed by atoms with Crippen LogP contribution in [-0.2, 0) is 23.9 Å². The molecule has 0 aromatic carbocycles. The van der Waals surface area contributed by atoms with Crippen molar-refractivity contribution in [3.8, 4) is 0 Å². The molecular formula is C11H19NO7S. The number of carboxylic acids is 1. The Balaban J connectivity index is 4.12. The number of aliphatic hydroxyl groups excluding tert-OH is 1. The average molecular weight is 309 g/mol. The standard InChI is InChI=1S/C11H19NO7S/c1-4-9(14)18-7(3)19-11(17)20-5-8(10(15)16)12-6(2)13/h7-8,11,17H,4-5H2,1-3H3,(H,12,13)(H,15,16)/t7-,8-,11?/m0/s1. The van der Waals surface area contributed by atoms with Crippen molar-refractivity contribution < 1.29 is 34.1 Å². The van der Waals surface area contributed by atoms with E-state index in [1.165, 1.54) is 13.8 Å². The van der Waals surface area contributed by atoms with Crippen LogP contribution in [0.5, 0.6) is 0 Å². The third kappa shape index (κ3) is 8.73. The van der Waals surface area contributed by atoms with Crippen molar-refractivity contribution in [2.75, 3.05) is 5.75 Å². The van der Waals surface area contributed by atoms with Crippen LogP contribution in [0.1, 0.15) is 27.2 Å². The minimum Gasteiger partial charge on any atom is -0.480 e. The van der Waals surface area contributed by atoms with E-state index in [2.05, 4.69) is 5.32 Å². The summed E-state index contributed by atoms with van der Waals surface area (Å²) < 4.78 is 9.70. The Hall–Kier alpha value is -1.32. The van der Waals surface area contributed by atoms with Gasteiger partial charge < -0.3 is 25.0 Å². The molecule has 0 spiro atoms. The number of hydrogen-bond acceptors (Lipinski definition) is 7. The minimum atomic E-state index is -1.37. The van der Waals surface area contributed by atoms with E-state index >= 15 is 0 Å². The number of carbonyl (C=O) groups excluding carboxylic acids is 2. The van der Waals surface area contributed by atoms with Gasteiger partial charge in [0.2, 0.25) is 17.8 Å². The Kier molecular flexibility index (Phi) is 8.93.